The average Bonchev–Trinajstić information content (AvgIpc) is 3.26. The summed E-state index contributed by atoms with van der Waals surface area (Å²) in [5.74, 6) is -1.21. The minimum absolute atomic E-state index is 0.146. The lowest BCUT2D eigenvalue weighted by atomic mass is 10.1. The monoisotopic (exact) mass is 435 g/mol. The molecular formula is C24H19F2N3O3. The number of nitrogens with zero attached hydrogens (tertiary/aromatic N) is 2. The van der Waals surface area contributed by atoms with Crippen LogP contribution in [0.5, 0.6) is 11.5 Å². The van der Waals surface area contributed by atoms with Crippen molar-refractivity contribution in [2.24, 2.45) is 0 Å². The zero-order chi connectivity index (χ0) is 22.7. The maximum absolute atomic E-state index is 14.1. The molecule has 1 amide bonds. The molecule has 0 atom stereocenters. The van der Waals surface area contributed by atoms with E-state index in [2.05, 4.69) is 10.4 Å². The molecule has 32 heavy (non-hydrogen) atoms. The lowest BCUT2D eigenvalue weighted by Crippen LogP contribution is -2.13. The predicted octanol–water partition coefficient (Wildman–Crippen LogP) is 5.09. The predicted molar refractivity (Wildman–Crippen MR) is 116 cm³/mol. The number of rotatable bonds is 6. The molecule has 0 radical (unpaired) electrons. The van der Waals surface area contributed by atoms with Gasteiger partial charge in [0, 0.05) is 17.8 Å². The van der Waals surface area contributed by atoms with Crippen molar-refractivity contribution in [3.63, 3.8) is 0 Å². The van der Waals surface area contributed by atoms with Gasteiger partial charge in [0.15, 0.2) is 0 Å². The Kier molecular flexibility index (Phi) is 5.85. The summed E-state index contributed by atoms with van der Waals surface area (Å²) < 4.78 is 39.7. The van der Waals surface area contributed by atoms with Crippen molar-refractivity contribution in [3.05, 3.63) is 90.1 Å². The first-order chi connectivity index (χ1) is 15.5. The highest BCUT2D eigenvalue weighted by molar-refractivity contribution is 6.08. The second kappa shape index (κ2) is 8.89. The molecule has 4 rings (SSSR count). The number of nitrogens with one attached hydrogen (secondary N) is 1. The van der Waals surface area contributed by atoms with Crippen LogP contribution in [0.1, 0.15) is 10.4 Å². The summed E-state index contributed by atoms with van der Waals surface area (Å²) in [4.78, 5) is 13.1. The van der Waals surface area contributed by atoms with E-state index in [1.54, 1.807) is 29.1 Å². The summed E-state index contributed by atoms with van der Waals surface area (Å²) in [6.07, 6.45) is 1.54. The molecule has 0 fully saturated rings. The van der Waals surface area contributed by atoms with Gasteiger partial charge in [0.2, 0.25) is 0 Å². The summed E-state index contributed by atoms with van der Waals surface area (Å²) >= 11 is 0. The maximum Gasteiger partial charge on any atom is 0.259 e. The number of para-hydroxylation sites is 1. The Labute approximate surface area is 183 Å². The second-order valence-electron chi connectivity index (χ2n) is 6.82. The van der Waals surface area contributed by atoms with Gasteiger partial charge in [0.1, 0.15) is 28.8 Å². The van der Waals surface area contributed by atoms with Gasteiger partial charge in [-0.1, -0.05) is 18.2 Å². The van der Waals surface area contributed by atoms with E-state index < -0.39 is 17.5 Å². The molecule has 0 unspecified atom stereocenters. The van der Waals surface area contributed by atoms with Gasteiger partial charge in [0.05, 0.1) is 31.2 Å². The fourth-order valence-corrected chi connectivity index (χ4v) is 3.23. The summed E-state index contributed by atoms with van der Waals surface area (Å²) in [5.41, 5.74) is 1.58. The quantitative estimate of drug-likeness (QED) is 0.458. The largest absolute Gasteiger partial charge is 0.497 e. The molecule has 0 saturated heterocycles. The van der Waals surface area contributed by atoms with Crippen LogP contribution in [0.2, 0.25) is 0 Å². The summed E-state index contributed by atoms with van der Waals surface area (Å²) in [6.45, 7) is 0. The molecule has 4 aromatic rings. The van der Waals surface area contributed by atoms with Gasteiger partial charge in [-0.05, 0) is 42.5 Å². The lowest BCUT2D eigenvalue weighted by molar-refractivity contribution is 0.102. The van der Waals surface area contributed by atoms with Gasteiger partial charge in [-0.2, -0.15) is 5.10 Å². The molecule has 8 heteroatoms. The Morgan fingerprint density at radius 2 is 1.75 bits per heavy atom. The van der Waals surface area contributed by atoms with E-state index in [4.69, 9.17) is 9.47 Å². The van der Waals surface area contributed by atoms with Crippen LogP contribution in [0.15, 0.2) is 72.9 Å². The highest BCUT2D eigenvalue weighted by Gasteiger charge is 2.23. The number of anilines is 1. The van der Waals surface area contributed by atoms with Crippen molar-refractivity contribution < 1.29 is 23.0 Å². The molecule has 1 heterocycles. The van der Waals surface area contributed by atoms with Crippen LogP contribution in [-0.2, 0) is 0 Å². The van der Waals surface area contributed by atoms with Gasteiger partial charge in [-0.25, -0.2) is 13.5 Å². The third-order valence-corrected chi connectivity index (χ3v) is 4.82. The molecule has 0 aliphatic rings. The average molecular weight is 435 g/mol. The SMILES string of the molecule is COc1ccc(OC)c(-c2nn(-c3ccccc3)cc2C(=O)Nc2ccc(F)cc2F)c1. The van der Waals surface area contributed by atoms with Crippen LogP contribution in [-0.4, -0.2) is 29.9 Å². The van der Waals surface area contributed by atoms with Crippen LogP contribution in [0.25, 0.3) is 16.9 Å². The fourth-order valence-electron chi connectivity index (χ4n) is 3.23. The highest BCUT2D eigenvalue weighted by Crippen LogP contribution is 2.35. The Balaban J connectivity index is 1.84. The molecule has 6 nitrogen and oxygen atoms in total. The third kappa shape index (κ3) is 4.15. The molecule has 0 aliphatic heterocycles. The minimum Gasteiger partial charge on any atom is -0.497 e. The van der Waals surface area contributed by atoms with Crippen LogP contribution in [0, 0.1) is 11.6 Å². The number of benzene rings is 3. The number of methoxy groups -OCH3 is 2. The Bertz CT molecular complexity index is 1270. The molecule has 0 spiro atoms. The van der Waals surface area contributed by atoms with Crippen LogP contribution < -0.4 is 14.8 Å². The molecule has 0 bridgehead atoms. The number of carbonyl (C=O) groups excluding carboxylic acids is 1. The highest BCUT2D eigenvalue weighted by atomic mass is 19.1. The van der Waals surface area contributed by atoms with Gasteiger partial charge in [-0.3, -0.25) is 4.79 Å². The first-order valence-corrected chi connectivity index (χ1v) is 9.64. The van der Waals surface area contributed by atoms with Crippen molar-refractivity contribution >= 4 is 11.6 Å². The fraction of sp³-hybridized carbons (Fsp3) is 0.0833. The van der Waals surface area contributed by atoms with E-state index in [1.807, 2.05) is 30.3 Å². The van der Waals surface area contributed by atoms with E-state index in [0.29, 0.717) is 28.8 Å². The van der Waals surface area contributed by atoms with Crippen molar-refractivity contribution in [3.8, 4) is 28.4 Å². The molecule has 0 aliphatic carbocycles. The van der Waals surface area contributed by atoms with Gasteiger partial charge in [0.25, 0.3) is 5.91 Å². The molecule has 162 valence electrons. The van der Waals surface area contributed by atoms with Crippen molar-refractivity contribution in [2.75, 3.05) is 19.5 Å². The first kappa shape index (κ1) is 21.0. The topological polar surface area (TPSA) is 65.4 Å². The lowest BCUT2D eigenvalue weighted by Gasteiger charge is -2.11. The maximum atomic E-state index is 14.1. The normalized spacial score (nSPS) is 10.6. The molecule has 1 N–H and O–H groups in total. The zero-order valence-electron chi connectivity index (χ0n) is 17.3. The summed E-state index contributed by atoms with van der Waals surface area (Å²) in [5, 5.41) is 7.09. The molecule has 0 saturated carbocycles. The van der Waals surface area contributed by atoms with Gasteiger partial charge < -0.3 is 14.8 Å². The van der Waals surface area contributed by atoms with E-state index in [0.717, 1.165) is 17.8 Å². The molecule has 3 aromatic carbocycles. The Morgan fingerprint density at radius 1 is 0.969 bits per heavy atom. The van der Waals surface area contributed by atoms with Crippen molar-refractivity contribution in [2.45, 2.75) is 0 Å². The van der Waals surface area contributed by atoms with Crippen molar-refractivity contribution in [1.29, 1.82) is 0 Å². The zero-order valence-corrected chi connectivity index (χ0v) is 17.3. The van der Waals surface area contributed by atoms with E-state index >= 15 is 0 Å². The third-order valence-electron chi connectivity index (χ3n) is 4.82. The number of amides is 1. The van der Waals surface area contributed by atoms with Crippen LogP contribution in [0.4, 0.5) is 14.5 Å². The van der Waals surface area contributed by atoms with Gasteiger partial charge >= 0.3 is 0 Å². The summed E-state index contributed by atoms with van der Waals surface area (Å²) in [7, 11) is 3.03. The number of halogens is 2. The molecular weight excluding hydrogens is 416 g/mol. The Morgan fingerprint density at radius 3 is 2.44 bits per heavy atom. The first-order valence-electron chi connectivity index (χ1n) is 9.64. The molecule has 1 aromatic heterocycles. The van der Waals surface area contributed by atoms with E-state index in [-0.39, 0.29) is 11.3 Å². The Hall–Kier alpha value is -4.20. The number of aromatic nitrogens is 2. The number of ether oxygens (including phenoxy) is 2. The second-order valence-corrected chi connectivity index (χ2v) is 6.82. The van der Waals surface area contributed by atoms with Crippen LogP contribution >= 0.6 is 0 Å². The minimum atomic E-state index is -0.880. The van der Waals surface area contributed by atoms with Crippen LogP contribution in [0.3, 0.4) is 0 Å². The van der Waals surface area contributed by atoms with Crippen molar-refractivity contribution in [1.82, 2.24) is 9.78 Å². The smallest absolute Gasteiger partial charge is 0.259 e. The number of carbonyl (C=O) groups is 1. The number of hydrogen-bond acceptors (Lipinski definition) is 4. The standard InChI is InChI=1S/C24H19F2N3O3/c1-31-17-9-11-22(32-2)18(13-17)23-19(14-29(28-23)16-6-4-3-5-7-16)24(30)27-21-10-8-15(25)12-20(21)26/h3-14H,1-2H3,(H,27,30). The van der Waals surface area contributed by atoms with Gasteiger partial charge in [-0.15, -0.1) is 0 Å². The van der Waals surface area contributed by atoms with E-state index in [9.17, 15) is 13.6 Å². The summed E-state index contributed by atoms with van der Waals surface area (Å²) in [6, 6.07) is 17.3. The van der Waals surface area contributed by atoms with E-state index in [1.165, 1.54) is 14.2 Å². The number of hydrogen-bond donors (Lipinski definition) is 1.